The van der Waals surface area contributed by atoms with E-state index < -0.39 is 60.3 Å². The van der Waals surface area contributed by atoms with E-state index in [-0.39, 0.29) is 18.2 Å². The fourth-order valence-corrected chi connectivity index (χ4v) is 6.39. The van der Waals surface area contributed by atoms with Crippen LogP contribution in [0.3, 0.4) is 0 Å². The summed E-state index contributed by atoms with van der Waals surface area (Å²) in [6.45, 7) is -0.831. The van der Waals surface area contributed by atoms with E-state index in [4.69, 9.17) is 24.3 Å². The smallest absolute Gasteiger partial charge is 0.387 e. The average molecular weight is 635 g/mol. The highest BCUT2D eigenvalue weighted by atomic mass is 31.3. The summed E-state index contributed by atoms with van der Waals surface area (Å²) in [6, 6.07) is 7.26. The van der Waals surface area contributed by atoms with E-state index in [1.54, 1.807) is 12.1 Å². The summed E-state index contributed by atoms with van der Waals surface area (Å²) in [5.74, 6) is -0.341. The molecule has 22 heteroatoms. The lowest BCUT2D eigenvalue weighted by Gasteiger charge is -2.19. The third-order valence-electron chi connectivity index (χ3n) is 5.06. The van der Waals surface area contributed by atoms with Crippen LogP contribution in [-0.4, -0.2) is 70.9 Å². The van der Waals surface area contributed by atoms with Gasteiger partial charge in [0.25, 0.3) is 0 Å². The minimum Gasteiger partial charge on any atom is -0.387 e. The van der Waals surface area contributed by atoms with Crippen LogP contribution in [0.4, 0.5) is 10.2 Å². The van der Waals surface area contributed by atoms with Crippen molar-refractivity contribution in [2.24, 2.45) is 0 Å². The van der Waals surface area contributed by atoms with Gasteiger partial charge in [-0.2, -0.15) is 13.6 Å². The highest BCUT2D eigenvalue weighted by Crippen LogP contribution is 2.66. The molecule has 1 saturated heterocycles. The standard InChI is InChI=1S/C18H25FN3O15P3/c19-12-5-3-11(4-6-12)2-1-9-33-21-14-7-8-22(18(25)20-14)17-16(24)15(23)13(35-17)10-34-39(29,30)37-40(31,32)36-38(26,27)28/h3-8,13,15-17,23-24H,1-2,9-10H2,(H,29,30)(H,31,32)(H,20,21,25)(H2,26,27,28)/t13-,15-,16-,17-/m1/s1. The number of aryl methyl sites for hydroxylation is 1. The fraction of sp³-hybridized carbons (Fsp3) is 0.444. The molecule has 3 rings (SSSR count). The van der Waals surface area contributed by atoms with Crippen molar-refractivity contribution in [2.45, 2.75) is 37.4 Å². The maximum absolute atomic E-state index is 12.9. The summed E-state index contributed by atoms with van der Waals surface area (Å²) in [6.07, 6.45) is -4.38. The summed E-state index contributed by atoms with van der Waals surface area (Å²) in [4.78, 5) is 57.2. The van der Waals surface area contributed by atoms with Gasteiger partial charge in [-0.1, -0.05) is 12.1 Å². The topological polar surface area (TPSA) is 266 Å². The summed E-state index contributed by atoms with van der Waals surface area (Å²) >= 11 is 0. The van der Waals surface area contributed by atoms with Crippen molar-refractivity contribution >= 4 is 29.3 Å². The van der Waals surface area contributed by atoms with Crippen LogP contribution in [0.15, 0.2) is 41.3 Å². The largest absolute Gasteiger partial charge is 0.490 e. The predicted molar refractivity (Wildman–Crippen MR) is 129 cm³/mol. The van der Waals surface area contributed by atoms with E-state index >= 15 is 0 Å². The van der Waals surface area contributed by atoms with Gasteiger partial charge in [0.05, 0.1) is 13.2 Å². The van der Waals surface area contributed by atoms with Gasteiger partial charge in [0.1, 0.15) is 24.1 Å². The van der Waals surface area contributed by atoms with Gasteiger partial charge < -0.3 is 34.5 Å². The third kappa shape index (κ3) is 9.87. The zero-order valence-corrected chi connectivity index (χ0v) is 22.8. The van der Waals surface area contributed by atoms with Crippen molar-refractivity contribution in [1.82, 2.24) is 9.55 Å². The first-order valence-corrected chi connectivity index (χ1v) is 15.6. The molecule has 0 radical (unpaired) electrons. The molecule has 1 fully saturated rings. The number of aromatic nitrogens is 2. The van der Waals surface area contributed by atoms with E-state index in [1.165, 1.54) is 18.2 Å². The van der Waals surface area contributed by atoms with Gasteiger partial charge >= 0.3 is 29.2 Å². The normalized spacial score (nSPS) is 24.4. The molecule has 2 unspecified atom stereocenters. The van der Waals surface area contributed by atoms with Gasteiger partial charge in [0.2, 0.25) is 0 Å². The van der Waals surface area contributed by atoms with Crippen LogP contribution < -0.4 is 11.2 Å². The summed E-state index contributed by atoms with van der Waals surface area (Å²) in [7, 11) is -16.9. The maximum atomic E-state index is 12.9. The first kappa shape index (κ1) is 32.6. The number of anilines is 1. The second kappa shape index (κ2) is 13.4. The van der Waals surface area contributed by atoms with Gasteiger partial charge in [-0.05, 0) is 36.6 Å². The molecule has 2 aromatic rings. The zero-order chi connectivity index (χ0) is 29.7. The highest BCUT2D eigenvalue weighted by molar-refractivity contribution is 7.66. The first-order valence-electron chi connectivity index (χ1n) is 11.1. The number of phosphoric acid groups is 3. The fourth-order valence-electron chi connectivity index (χ4n) is 3.36. The van der Waals surface area contributed by atoms with E-state index in [9.17, 15) is 38.0 Å². The Morgan fingerprint density at radius 2 is 1.68 bits per heavy atom. The van der Waals surface area contributed by atoms with Gasteiger partial charge in [0.15, 0.2) is 12.0 Å². The molecule has 0 spiro atoms. The van der Waals surface area contributed by atoms with Crippen LogP contribution in [0, 0.1) is 5.82 Å². The van der Waals surface area contributed by atoms with Crippen molar-refractivity contribution in [2.75, 3.05) is 18.7 Å². The van der Waals surface area contributed by atoms with Crippen molar-refractivity contribution in [1.29, 1.82) is 0 Å². The lowest BCUT2D eigenvalue weighted by atomic mass is 10.1. The van der Waals surface area contributed by atoms with Crippen molar-refractivity contribution < 1.29 is 70.6 Å². The highest BCUT2D eigenvalue weighted by Gasteiger charge is 2.46. The van der Waals surface area contributed by atoms with Crippen LogP contribution in [0.1, 0.15) is 18.2 Å². The van der Waals surface area contributed by atoms with Crippen LogP contribution in [-0.2, 0) is 42.8 Å². The molecule has 0 bridgehead atoms. The summed E-state index contributed by atoms with van der Waals surface area (Å²) in [5, 5.41) is 20.5. The van der Waals surface area contributed by atoms with Gasteiger partial charge in [-0.25, -0.2) is 28.4 Å². The van der Waals surface area contributed by atoms with Crippen LogP contribution >= 0.6 is 23.5 Å². The Balaban J connectivity index is 1.51. The van der Waals surface area contributed by atoms with E-state index in [1.807, 2.05) is 0 Å². The number of ether oxygens (including phenoxy) is 1. The molecule has 0 amide bonds. The molecule has 1 aromatic carbocycles. The molecule has 1 aliphatic heterocycles. The first-order chi connectivity index (χ1) is 18.6. The van der Waals surface area contributed by atoms with Crippen LogP contribution in [0.25, 0.3) is 0 Å². The van der Waals surface area contributed by atoms with Gasteiger partial charge in [-0.15, -0.1) is 0 Å². The minimum atomic E-state index is -5.76. The molecule has 6 atom stereocenters. The number of halogens is 1. The molecule has 7 N–H and O–H groups in total. The Hall–Kier alpha value is -1.92. The van der Waals surface area contributed by atoms with Gasteiger partial charge in [0, 0.05) is 6.20 Å². The van der Waals surface area contributed by atoms with E-state index in [0.717, 1.165) is 16.3 Å². The molecule has 0 saturated carbocycles. The number of benzene rings is 1. The Morgan fingerprint density at radius 3 is 2.30 bits per heavy atom. The number of nitrogens with one attached hydrogen (secondary N) is 1. The molecule has 1 aromatic heterocycles. The number of aliphatic hydroxyl groups is 2. The number of phosphoric ester groups is 1. The molecule has 0 aliphatic carbocycles. The molecule has 40 heavy (non-hydrogen) atoms. The van der Waals surface area contributed by atoms with Crippen LogP contribution in [0.5, 0.6) is 0 Å². The van der Waals surface area contributed by atoms with E-state index in [0.29, 0.717) is 12.8 Å². The molecule has 1 aliphatic rings. The van der Waals surface area contributed by atoms with Crippen molar-refractivity contribution in [3.05, 3.63) is 58.4 Å². The molecule has 2 heterocycles. The molecule has 18 nitrogen and oxygen atoms in total. The van der Waals surface area contributed by atoms with Crippen LogP contribution in [0.2, 0.25) is 0 Å². The van der Waals surface area contributed by atoms with Crippen molar-refractivity contribution in [3.8, 4) is 0 Å². The monoisotopic (exact) mass is 635 g/mol. The maximum Gasteiger partial charge on any atom is 0.490 e. The second-order valence-electron chi connectivity index (χ2n) is 8.12. The quantitative estimate of drug-likeness (QED) is 0.0837. The molecule has 224 valence electrons. The second-order valence-corrected chi connectivity index (χ2v) is 12.5. The Morgan fingerprint density at radius 1 is 1.00 bits per heavy atom. The predicted octanol–water partition coefficient (Wildman–Crippen LogP) is 0.321. The van der Waals surface area contributed by atoms with E-state index in [2.05, 4.69) is 23.6 Å². The number of hydrogen-bond acceptors (Lipinski definition) is 13. The summed E-state index contributed by atoms with van der Waals surface area (Å²) in [5.41, 5.74) is 2.42. The Labute approximate surface area is 224 Å². The molecular weight excluding hydrogens is 610 g/mol. The number of rotatable bonds is 14. The minimum absolute atomic E-state index is 0.000256. The van der Waals surface area contributed by atoms with Crippen molar-refractivity contribution in [3.63, 3.8) is 0 Å². The lowest BCUT2D eigenvalue weighted by molar-refractivity contribution is -0.0541. The average Bonchev–Trinajstić information content (AvgIpc) is 3.10. The van der Waals surface area contributed by atoms with Gasteiger partial charge in [-0.3, -0.25) is 13.9 Å². The SMILES string of the molecule is O=c1nc(NOCCCc2ccc(F)cc2)ccn1[C@@H]1O[C@H](COP(=O)(O)OP(=O)(O)OP(=O)(O)O)[C@@H](O)[C@H]1O. The molecular formula is C18H25FN3O15P3. The Kier molecular flexibility index (Phi) is 10.9. The Bertz CT molecular complexity index is 1360. The number of hydrogen-bond donors (Lipinski definition) is 7. The lowest BCUT2D eigenvalue weighted by Crippen LogP contribution is -2.36. The number of aliphatic hydroxyl groups excluding tert-OH is 2. The third-order valence-corrected chi connectivity index (χ3v) is 8.86. The summed E-state index contributed by atoms with van der Waals surface area (Å²) < 4.78 is 64.5. The number of nitrogens with zero attached hydrogens (tertiary/aromatic N) is 2. The zero-order valence-electron chi connectivity index (χ0n) is 20.1.